The molecule has 1 unspecified atom stereocenters. The summed E-state index contributed by atoms with van der Waals surface area (Å²) in [4.78, 5) is 24.0. The highest BCUT2D eigenvalue weighted by molar-refractivity contribution is 5.91. The molecule has 2 atom stereocenters. The first kappa shape index (κ1) is 23.9. The van der Waals surface area contributed by atoms with Crippen LogP contribution in [0.2, 0.25) is 0 Å². The minimum atomic E-state index is -0.860. The average Bonchev–Trinajstić information content (AvgIpc) is 3.15. The van der Waals surface area contributed by atoms with Gasteiger partial charge < -0.3 is 20.7 Å². The summed E-state index contributed by atoms with van der Waals surface area (Å²) in [6.07, 6.45) is 2.97. The molecular weight excluding hydrogens is 435 g/mol. The number of nitrogens with one attached hydrogen (secondary N) is 3. The van der Waals surface area contributed by atoms with Gasteiger partial charge in [-0.15, -0.1) is 0 Å². The number of carbonyl (C=O) groups excluding carboxylic acids is 2. The Balaban J connectivity index is 1.49. The summed E-state index contributed by atoms with van der Waals surface area (Å²) >= 11 is 0. The van der Waals surface area contributed by atoms with Crippen molar-refractivity contribution in [3.05, 3.63) is 52.8 Å². The monoisotopic (exact) mass is 464 g/mol. The van der Waals surface area contributed by atoms with Gasteiger partial charge in [-0.05, 0) is 72.2 Å². The molecule has 2 aromatic carbocycles. The van der Waals surface area contributed by atoms with Crippen LogP contribution in [-0.4, -0.2) is 43.7 Å². The molecule has 34 heavy (non-hydrogen) atoms. The summed E-state index contributed by atoms with van der Waals surface area (Å²) in [6.45, 7) is 3.13. The lowest BCUT2D eigenvalue weighted by molar-refractivity contribution is -0.132. The lowest BCUT2D eigenvalue weighted by Gasteiger charge is -2.18. The average molecular weight is 465 g/mol. The zero-order chi connectivity index (χ0) is 24.1. The van der Waals surface area contributed by atoms with E-state index in [-0.39, 0.29) is 18.2 Å². The summed E-state index contributed by atoms with van der Waals surface area (Å²) < 4.78 is 20.6. The van der Waals surface area contributed by atoms with E-state index in [1.165, 1.54) is 13.0 Å². The molecule has 0 saturated carbocycles. The maximum Gasteiger partial charge on any atom is 0.251 e. The number of benzene rings is 2. The van der Waals surface area contributed by atoms with Gasteiger partial charge >= 0.3 is 0 Å². The van der Waals surface area contributed by atoms with Gasteiger partial charge in [-0.1, -0.05) is 18.2 Å². The van der Waals surface area contributed by atoms with Crippen LogP contribution in [0.3, 0.4) is 0 Å². The number of halogens is 1. The van der Waals surface area contributed by atoms with Crippen LogP contribution in [0.5, 0.6) is 0 Å². The van der Waals surface area contributed by atoms with Crippen molar-refractivity contribution in [2.45, 2.75) is 51.2 Å². The van der Waals surface area contributed by atoms with Crippen LogP contribution in [-0.2, 0) is 33.6 Å². The van der Waals surface area contributed by atoms with E-state index < -0.39 is 18.0 Å². The summed E-state index contributed by atoms with van der Waals surface area (Å²) in [5.74, 6) is -0.900. The first-order valence-electron chi connectivity index (χ1n) is 11.7. The molecule has 0 aromatic heterocycles. The summed E-state index contributed by atoms with van der Waals surface area (Å²) in [7, 11) is 0. The third kappa shape index (κ3) is 5.44. The number of nitrogens with zero attached hydrogens (tertiary/aromatic N) is 1. The van der Waals surface area contributed by atoms with Crippen molar-refractivity contribution in [3.63, 3.8) is 0 Å². The smallest absolute Gasteiger partial charge is 0.251 e. The SMILES string of the molecule is CC(=O)Nc1ccc(-c2ccc(CC(C#N)NC(=O)[C@H]3CNCCCO3)c(F)c2)c2c1CCC2. The van der Waals surface area contributed by atoms with Gasteiger partial charge in [0.1, 0.15) is 18.0 Å². The van der Waals surface area contributed by atoms with Crippen molar-refractivity contribution < 1.29 is 18.7 Å². The molecular formula is C26H29FN4O3. The van der Waals surface area contributed by atoms with Gasteiger partial charge in [-0.3, -0.25) is 9.59 Å². The van der Waals surface area contributed by atoms with E-state index >= 15 is 4.39 Å². The maximum absolute atomic E-state index is 15.1. The van der Waals surface area contributed by atoms with E-state index in [0.29, 0.717) is 18.7 Å². The van der Waals surface area contributed by atoms with Crippen molar-refractivity contribution in [2.75, 3.05) is 25.0 Å². The zero-order valence-electron chi connectivity index (χ0n) is 19.2. The maximum atomic E-state index is 15.1. The molecule has 2 aromatic rings. The molecule has 0 spiro atoms. The highest BCUT2D eigenvalue weighted by atomic mass is 19.1. The second-order valence-electron chi connectivity index (χ2n) is 8.77. The third-order valence-corrected chi connectivity index (χ3v) is 6.29. The van der Waals surface area contributed by atoms with E-state index in [1.54, 1.807) is 6.07 Å². The van der Waals surface area contributed by atoms with Gasteiger partial charge in [0.2, 0.25) is 5.91 Å². The highest BCUT2D eigenvalue weighted by Crippen LogP contribution is 2.37. The Morgan fingerprint density at radius 3 is 2.82 bits per heavy atom. The second-order valence-corrected chi connectivity index (χ2v) is 8.77. The standard InChI is InChI=1S/C26H29FN4O3/c1-16(32)30-24-9-8-20(21-4-2-5-22(21)24)17-6-7-18(23(27)13-17)12-19(14-28)31-26(33)25-15-29-10-3-11-34-25/h6-9,13,19,25,29H,2-5,10-12,15H2,1H3,(H,30,32)(H,31,33)/t19?,25-/m1/s1. The Morgan fingerprint density at radius 1 is 1.24 bits per heavy atom. The van der Waals surface area contributed by atoms with Crippen molar-refractivity contribution in [1.82, 2.24) is 10.6 Å². The molecule has 3 N–H and O–H groups in total. The quantitative estimate of drug-likeness (QED) is 0.610. The van der Waals surface area contributed by atoms with Gasteiger partial charge in [0.15, 0.2) is 0 Å². The molecule has 7 nitrogen and oxygen atoms in total. The van der Waals surface area contributed by atoms with Gasteiger partial charge in [-0.25, -0.2) is 4.39 Å². The Hall–Kier alpha value is -3.28. The molecule has 178 valence electrons. The summed E-state index contributed by atoms with van der Waals surface area (Å²) in [5.41, 5.74) is 5.14. The van der Waals surface area contributed by atoms with E-state index in [0.717, 1.165) is 60.2 Å². The summed E-state index contributed by atoms with van der Waals surface area (Å²) in [6, 6.07) is 9.99. The van der Waals surface area contributed by atoms with Crippen molar-refractivity contribution >= 4 is 17.5 Å². The van der Waals surface area contributed by atoms with Gasteiger partial charge in [0.05, 0.1) is 6.07 Å². The lowest BCUT2D eigenvalue weighted by Crippen LogP contribution is -2.46. The zero-order valence-corrected chi connectivity index (χ0v) is 19.2. The molecule has 1 aliphatic carbocycles. The van der Waals surface area contributed by atoms with Crippen LogP contribution in [0.1, 0.15) is 36.5 Å². The van der Waals surface area contributed by atoms with E-state index in [2.05, 4.69) is 22.0 Å². The van der Waals surface area contributed by atoms with Gasteiger partial charge in [-0.2, -0.15) is 5.26 Å². The molecule has 4 rings (SSSR count). The van der Waals surface area contributed by atoms with E-state index in [4.69, 9.17) is 4.74 Å². The second kappa shape index (κ2) is 10.8. The van der Waals surface area contributed by atoms with Crippen molar-refractivity contribution in [1.29, 1.82) is 5.26 Å². The van der Waals surface area contributed by atoms with Crippen molar-refractivity contribution in [2.24, 2.45) is 0 Å². The van der Waals surface area contributed by atoms with E-state index in [9.17, 15) is 14.9 Å². The Labute approximate surface area is 198 Å². The predicted molar refractivity (Wildman–Crippen MR) is 127 cm³/mol. The molecule has 1 saturated heterocycles. The normalized spacial score (nSPS) is 18.3. The number of amides is 2. The van der Waals surface area contributed by atoms with E-state index in [1.807, 2.05) is 18.2 Å². The lowest BCUT2D eigenvalue weighted by atomic mass is 9.94. The van der Waals surface area contributed by atoms with Gasteiger partial charge in [0.25, 0.3) is 5.91 Å². The summed E-state index contributed by atoms with van der Waals surface area (Å²) in [5, 5.41) is 18.2. The fraction of sp³-hybridized carbons (Fsp3) is 0.423. The van der Waals surface area contributed by atoms with Gasteiger partial charge in [0, 0.05) is 32.2 Å². The molecule has 1 fully saturated rings. The largest absolute Gasteiger partial charge is 0.367 e. The Kier molecular flexibility index (Phi) is 7.56. The number of carbonyl (C=O) groups is 2. The highest BCUT2D eigenvalue weighted by Gasteiger charge is 2.25. The van der Waals surface area contributed by atoms with Crippen molar-refractivity contribution in [3.8, 4) is 17.2 Å². The number of rotatable bonds is 6. The molecule has 1 heterocycles. The predicted octanol–water partition coefficient (Wildman–Crippen LogP) is 2.87. The van der Waals surface area contributed by atoms with Crippen LogP contribution >= 0.6 is 0 Å². The number of hydrogen-bond acceptors (Lipinski definition) is 5. The first-order chi connectivity index (χ1) is 16.5. The number of anilines is 1. The Morgan fingerprint density at radius 2 is 2.06 bits per heavy atom. The van der Waals surface area contributed by atoms with Crippen LogP contribution in [0.15, 0.2) is 30.3 Å². The first-order valence-corrected chi connectivity index (χ1v) is 11.7. The molecule has 2 amide bonds. The Bertz CT molecular complexity index is 1120. The minimum Gasteiger partial charge on any atom is -0.367 e. The third-order valence-electron chi connectivity index (χ3n) is 6.29. The number of nitriles is 1. The fourth-order valence-corrected chi connectivity index (χ4v) is 4.66. The molecule has 1 aliphatic heterocycles. The molecule has 2 aliphatic rings. The molecule has 8 heteroatoms. The number of hydrogen-bond donors (Lipinski definition) is 3. The number of fused-ring (bicyclic) bond motifs is 1. The number of ether oxygens (including phenoxy) is 1. The molecule has 0 bridgehead atoms. The van der Waals surface area contributed by atoms with Crippen LogP contribution in [0.4, 0.5) is 10.1 Å². The fourth-order valence-electron chi connectivity index (χ4n) is 4.66. The topological polar surface area (TPSA) is 103 Å². The van der Waals surface area contributed by atoms with Crippen LogP contribution in [0, 0.1) is 17.1 Å². The molecule has 0 radical (unpaired) electrons. The minimum absolute atomic E-state index is 0.0636. The van der Waals surface area contributed by atoms with Crippen LogP contribution in [0.25, 0.3) is 11.1 Å². The van der Waals surface area contributed by atoms with Crippen LogP contribution < -0.4 is 16.0 Å².